The van der Waals surface area contributed by atoms with E-state index >= 15 is 0 Å². The quantitative estimate of drug-likeness (QED) is 0.183. The molecule has 216 valence electrons. The van der Waals surface area contributed by atoms with Crippen molar-refractivity contribution in [1.29, 1.82) is 0 Å². The number of hydrogen-bond acceptors (Lipinski definition) is 7. The Kier molecular flexibility index (Phi) is 8.27. The molecule has 11 nitrogen and oxygen atoms in total. The van der Waals surface area contributed by atoms with Crippen molar-refractivity contribution >= 4 is 43.7 Å². The van der Waals surface area contributed by atoms with E-state index in [4.69, 9.17) is 4.74 Å². The number of nitrogens with zero attached hydrogens (tertiary/aromatic N) is 5. The largest absolute Gasteiger partial charge is 0.481 e. The molecule has 5 aromatic rings. The molecular formula is C30H30N5O6S+. The van der Waals surface area contributed by atoms with Crippen molar-refractivity contribution in [2.45, 2.75) is 37.9 Å². The number of rotatable bonds is 11. The number of carbonyl (C=O) groups is 2. The van der Waals surface area contributed by atoms with Crippen LogP contribution in [-0.2, 0) is 32.8 Å². The normalized spacial score (nSPS) is 11.7. The number of aryl methyl sites for hydroxylation is 1. The van der Waals surface area contributed by atoms with Gasteiger partial charge in [0.1, 0.15) is 12.4 Å². The van der Waals surface area contributed by atoms with Gasteiger partial charge in [-0.3, -0.25) is 9.59 Å². The first-order valence-electron chi connectivity index (χ1n) is 13.3. The second kappa shape index (κ2) is 12.0. The molecule has 0 atom stereocenters. The molecule has 0 bridgehead atoms. The van der Waals surface area contributed by atoms with Crippen molar-refractivity contribution in [2.75, 3.05) is 13.7 Å². The number of carbonyl (C=O) groups excluding carboxylic acids is 1. The van der Waals surface area contributed by atoms with Gasteiger partial charge in [-0.2, -0.15) is 4.57 Å². The van der Waals surface area contributed by atoms with Crippen LogP contribution < -0.4 is 4.57 Å². The zero-order valence-corrected chi connectivity index (χ0v) is 24.0. The van der Waals surface area contributed by atoms with Gasteiger partial charge in [-0.15, -0.1) is 5.10 Å². The minimum atomic E-state index is -4.31. The van der Waals surface area contributed by atoms with Crippen molar-refractivity contribution < 1.29 is 32.4 Å². The fourth-order valence-electron chi connectivity index (χ4n) is 4.95. The van der Waals surface area contributed by atoms with E-state index in [9.17, 15) is 23.1 Å². The molecule has 1 amide bonds. The van der Waals surface area contributed by atoms with Gasteiger partial charge in [0.05, 0.1) is 27.4 Å². The molecule has 0 saturated carbocycles. The third-order valence-electron chi connectivity index (χ3n) is 6.90. The third kappa shape index (κ3) is 5.71. The van der Waals surface area contributed by atoms with Gasteiger partial charge >= 0.3 is 5.97 Å². The summed E-state index contributed by atoms with van der Waals surface area (Å²) >= 11 is 0. The molecule has 2 aromatic heterocycles. The number of aromatic nitrogens is 4. The van der Waals surface area contributed by atoms with Crippen molar-refractivity contribution in [3.8, 4) is 0 Å². The highest BCUT2D eigenvalue weighted by atomic mass is 32.2. The van der Waals surface area contributed by atoms with Crippen LogP contribution in [0.5, 0.6) is 0 Å². The van der Waals surface area contributed by atoms with E-state index in [1.54, 1.807) is 54.4 Å². The highest BCUT2D eigenvalue weighted by Gasteiger charge is 2.34. The molecular weight excluding hydrogens is 558 g/mol. The lowest BCUT2D eigenvalue weighted by atomic mass is 10.0. The number of fused-ring (bicyclic) bond motifs is 2. The van der Waals surface area contributed by atoms with Crippen LogP contribution in [0, 0.1) is 6.92 Å². The summed E-state index contributed by atoms with van der Waals surface area (Å²) in [5.41, 5.74) is 3.14. The van der Waals surface area contributed by atoms with E-state index in [1.165, 1.54) is 12.1 Å². The lowest BCUT2D eigenvalue weighted by Crippen LogP contribution is -2.40. The molecule has 42 heavy (non-hydrogen) atoms. The van der Waals surface area contributed by atoms with Crippen molar-refractivity contribution in [3.05, 3.63) is 95.8 Å². The third-order valence-corrected chi connectivity index (χ3v) is 8.69. The van der Waals surface area contributed by atoms with Crippen molar-refractivity contribution in [2.24, 2.45) is 0 Å². The number of methoxy groups -OCH3 is 1. The molecule has 12 heteroatoms. The van der Waals surface area contributed by atoms with Crippen LogP contribution in [0.1, 0.15) is 34.5 Å². The standard InChI is InChI=1S/C30H29N5O6S/c1-21-13-15-23(16-14-21)42(39,40)35(17-7-12-28(36)37)30(38)29-24-8-3-5-10-26(24)34(27-11-6-4-9-25(27)29)19-22-18-33(20-41-2)32-31-22/h3-6,8-11,13-16,18H,7,12,17,19-20H2,1-2H3/p+1. The number of hydrogen-bond donors (Lipinski definition) is 1. The summed E-state index contributed by atoms with van der Waals surface area (Å²) in [4.78, 5) is 25.7. The maximum absolute atomic E-state index is 14.4. The molecule has 3 aromatic carbocycles. The Bertz CT molecular complexity index is 1830. The Morgan fingerprint density at radius 2 is 1.60 bits per heavy atom. The zero-order chi connectivity index (χ0) is 29.9. The van der Waals surface area contributed by atoms with Crippen LogP contribution in [0.2, 0.25) is 0 Å². The van der Waals surface area contributed by atoms with Crippen LogP contribution in [0.25, 0.3) is 21.8 Å². The molecule has 0 radical (unpaired) electrons. The lowest BCUT2D eigenvalue weighted by molar-refractivity contribution is -0.636. The summed E-state index contributed by atoms with van der Waals surface area (Å²) < 4.78 is 37.3. The molecule has 5 rings (SSSR count). The number of amides is 1. The Balaban J connectivity index is 1.68. The van der Waals surface area contributed by atoms with Crippen LogP contribution >= 0.6 is 0 Å². The number of carboxylic acid groups (broad SMARTS) is 1. The predicted octanol–water partition coefficient (Wildman–Crippen LogP) is 3.53. The molecule has 0 aliphatic rings. The topological polar surface area (TPSA) is 136 Å². The summed E-state index contributed by atoms with van der Waals surface area (Å²) in [6.45, 7) is 2.13. The van der Waals surface area contributed by atoms with Gasteiger partial charge in [0.25, 0.3) is 15.9 Å². The van der Waals surface area contributed by atoms with Crippen LogP contribution in [-0.4, -0.2) is 58.4 Å². The van der Waals surface area contributed by atoms with E-state index in [0.29, 0.717) is 34.0 Å². The van der Waals surface area contributed by atoms with E-state index in [2.05, 4.69) is 10.3 Å². The number of ether oxygens (including phenoxy) is 1. The van der Waals surface area contributed by atoms with Crippen molar-refractivity contribution in [3.63, 3.8) is 0 Å². The number of sulfonamides is 1. The highest BCUT2D eigenvalue weighted by Crippen LogP contribution is 2.29. The summed E-state index contributed by atoms with van der Waals surface area (Å²) in [6, 6.07) is 20.8. The smallest absolute Gasteiger partial charge is 0.303 e. The van der Waals surface area contributed by atoms with E-state index in [0.717, 1.165) is 9.87 Å². The van der Waals surface area contributed by atoms with E-state index in [-0.39, 0.29) is 36.6 Å². The van der Waals surface area contributed by atoms with Crippen LogP contribution in [0.4, 0.5) is 0 Å². The van der Waals surface area contributed by atoms with E-state index in [1.807, 2.05) is 35.8 Å². The number of para-hydroxylation sites is 2. The van der Waals surface area contributed by atoms with E-state index < -0.39 is 21.9 Å². The summed E-state index contributed by atoms with van der Waals surface area (Å²) in [7, 11) is -2.74. The van der Waals surface area contributed by atoms with Gasteiger partial charge in [-0.25, -0.2) is 17.4 Å². The Morgan fingerprint density at radius 3 is 2.19 bits per heavy atom. The second-order valence-corrected chi connectivity index (χ2v) is 11.7. The van der Waals surface area contributed by atoms with Crippen molar-refractivity contribution in [1.82, 2.24) is 19.3 Å². The maximum atomic E-state index is 14.4. The summed E-state index contributed by atoms with van der Waals surface area (Å²) in [6.07, 6.45) is 1.46. The molecule has 0 saturated heterocycles. The van der Waals surface area contributed by atoms with Gasteiger partial charge in [0.2, 0.25) is 11.0 Å². The molecule has 2 heterocycles. The SMILES string of the molecule is COCn1cc(C[n+]2c3ccccc3c(C(=O)N(CCCC(=O)O)S(=O)(=O)c3ccc(C)cc3)c3ccccc32)nn1. The Morgan fingerprint density at radius 1 is 0.976 bits per heavy atom. The Hall–Kier alpha value is -4.68. The first kappa shape index (κ1) is 28.8. The van der Waals surface area contributed by atoms with Gasteiger partial charge in [-0.05, 0) is 37.6 Å². The number of carboxylic acids is 1. The fraction of sp³-hybridized carbons (Fsp3) is 0.233. The van der Waals surface area contributed by atoms with Crippen LogP contribution in [0.15, 0.2) is 83.9 Å². The summed E-state index contributed by atoms with van der Waals surface area (Å²) in [5, 5.41) is 18.7. The summed E-state index contributed by atoms with van der Waals surface area (Å²) in [5.74, 6) is -1.80. The van der Waals surface area contributed by atoms with Gasteiger partial charge in [-0.1, -0.05) is 47.2 Å². The first-order chi connectivity index (χ1) is 20.2. The number of benzene rings is 3. The molecule has 0 spiro atoms. The molecule has 0 aliphatic heterocycles. The predicted molar refractivity (Wildman–Crippen MR) is 154 cm³/mol. The molecule has 1 N–H and O–H groups in total. The minimum absolute atomic E-state index is 0.0357. The molecule has 0 unspecified atom stereocenters. The molecule has 0 fully saturated rings. The van der Waals surface area contributed by atoms with Gasteiger partial charge in [0.15, 0.2) is 6.54 Å². The first-order valence-corrected chi connectivity index (χ1v) is 14.7. The Labute approximate surface area is 242 Å². The number of aliphatic carboxylic acids is 1. The lowest BCUT2D eigenvalue weighted by Gasteiger charge is -2.24. The monoisotopic (exact) mass is 588 g/mol. The average Bonchev–Trinajstić information content (AvgIpc) is 3.42. The van der Waals surface area contributed by atoms with Gasteiger partial charge < -0.3 is 9.84 Å². The maximum Gasteiger partial charge on any atom is 0.303 e. The fourth-order valence-corrected chi connectivity index (χ4v) is 6.37. The molecule has 0 aliphatic carbocycles. The number of pyridine rings is 1. The average molecular weight is 589 g/mol. The van der Waals surface area contributed by atoms with Crippen LogP contribution in [0.3, 0.4) is 0 Å². The minimum Gasteiger partial charge on any atom is -0.481 e. The highest BCUT2D eigenvalue weighted by molar-refractivity contribution is 7.89. The van der Waals surface area contributed by atoms with Gasteiger partial charge in [0, 0.05) is 32.2 Å². The zero-order valence-electron chi connectivity index (χ0n) is 23.2. The second-order valence-electron chi connectivity index (χ2n) is 9.86.